The second kappa shape index (κ2) is 8.76. The van der Waals surface area contributed by atoms with Crippen molar-refractivity contribution < 1.29 is 9.59 Å². The largest absolute Gasteiger partial charge is 0.353 e. The highest BCUT2D eigenvalue weighted by Crippen LogP contribution is 2.25. The van der Waals surface area contributed by atoms with Gasteiger partial charge in [0.05, 0.1) is 5.69 Å². The van der Waals surface area contributed by atoms with Gasteiger partial charge in [-0.2, -0.15) is 5.10 Å². The van der Waals surface area contributed by atoms with E-state index in [1.807, 2.05) is 12.1 Å². The van der Waals surface area contributed by atoms with Crippen LogP contribution in [0.5, 0.6) is 0 Å². The number of rotatable bonds is 4. The van der Waals surface area contributed by atoms with Crippen LogP contribution in [-0.4, -0.2) is 51.0 Å². The molecule has 0 radical (unpaired) electrons. The third-order valence-electron chi connectivity index (χ3n) is 6.30. The second-order valence-electron chi connectivity index (χ2n) is 8.43. The van der Waals surface area contributed by atoms with E-state index in [0.29, 0.717) is 37.7 Å². The number of nitrogens with one attached hydrogen (secondary N) is 2. The molecule has 1 aliphatic heterocycles. The van der Waals surface area contributed by atoms with Crippen molar-refractivity contribution in [2.24, 2.45) is 11.8 Å². The van der Waals surface area contributed by atoms with Gasteiger partial charge in [0.25, 0.3) is 5.91 Å². The number of H-pyrrole nitrogens is 1. The van der Waals surface area contributed by atoms with Gasteiger partial charge in [-0.3, -0.25) is 19.7 Å². The van der Waals surface area contributed by atoms with Crippen molar-refractivity contribution in [3.05, 3.63) is 36.3 Å². The minimum Gasteiger partial charge on any atom is -0.353 e. The van der Waals surface area contributed by atoms with Crippen LogP contribution in [0.25, 0.3) is 11.3 Å². The van der Waals surface area contributed by atoms with Crippen molar-refractivity contribution in [3.8, 4) is 11.3 Å². The van der Waals surface area contributed by atoms with Gasteiger partial charge < -0.3 is 10.2 Å². The van der Waals surface area contributed by atoms with Gasteiger partial charge in [-0.1, -0.05) is 6.92 Å². The number of pyridine rings is 1. The van der Waals surface area contributed by atoms with E-state index in [4.69, 9.17) is 0 Å². The number of aromatic amines is 1. The van der Waals surface area contributed by atoms with Crippen LogP contribution in [0.1, 0.15) is 55.9 Å². The molecule has 7 nitrogen and oxygen atoms in total. The average Bonchev–Trinajstić information content (AvgIpc) is 3.26. The molecule has 2 N–H and O–H groups in total. The number of likely N-dealkylation sites (tertiary alicyclic amines) is 1. The molecule has 2 aromatic heterocycles. The molecule has 0 aromatic carbocycles. The van der Waals surface area contributed by atoms with E-state index >= 15 is 0 Å². The number of amides is 2. The van der Waals surface area contributed by atoms with E-state index in [0.717, 1.165) is 30.0 Å². The van der Waals surface area contributed by atoms with Crippen molar-refractivity contribution in [1.29, 1.82) is 0 Å². The predicted octanol–water partition coefficient (Wildman–Crippen LogP) is 3.02. The smallest absolute Gasteiger partial charge is 0.274 e. The molecule has 0 spiro atoms. The van der Waals surface area contributed by atoms with Crippen LogP contribution in [0.4, 0.5) is 0 Å². The van der Waals surface area contributed by atoms with E-state index in [9.17, 15) is 9.59 Å². The maximum absolute atomic E-state index is 12.8. The Kier molecular flexibility index (Phi) is 5.92. The summed E-state index contributed by atoms with van der Waals surface area (Å²) in [5, 5.41) is 10.4. The first kappa shape index (κ1) is 19.6. The van der Waals surface area contributed by atoms with E-state index in [1.54, 1.807) is 23.4 Å². The zero-order valence-electron chi connectivity index (χ0n) is 16.9. The van der Waals surface area contributed by atoms with E-state index in [-0.39, 0.29) is 17.7 Å². The summed E-state index contributed by atoms with van der Waals surface area (Å²) < 4.78 is 0. The minimum atomic E-state index is -0.0818. The first-order chi connectivity index (χ1) is 14.1. The molecular formula is C22H29N5O2. The summed E-state index contributed by atoms with van der Waals surface area (Å²) in [4.78, 5) is 31.2. The summed E-state index contributed by atoms with van der Waals surface area (Å²) in [7, 11) is 0. The molecule has 2 amide bonds. The van der Waals surface area contributed by atoms with Crippen molar-refractivity contribution >= 4 is 11.8 Å². The number of nitrogens with zero attached hydrogens (tertiary/aromatic N) is 3. The highest BCUT2D eigenvalue weighted by Gasteiger charge is 2.30. The zero-order chi connectivity index (χ0) is 20.2. The molecule has 2 aliphatic rings. The van der Waals surface area contributed by atoms with Crippen LogP contribution in [0.2, 0.25) is 0 Å². The van der Waals surface area contributed by atoms with E-state index in [2.05, 4.69) is 27.4 Å². The van der Waals surface area contributed by atoms with Crippen molar-refractivity contribution in [1.82, 2.24) is 25.4 Å². The SMILES string of the molecule is CC1CCC(NC(=O)C2CCN(C(=O)c3cc(-c4ccncc4)[nH]n3)CC2)CC1. The third kappa shape index (κ3) is 4.66. The van der Waals surface area contributed by atoms with Crippen LogP contribution in [-0.2, 0) is 4.79 Å². The summed E-state index contributed by atoms with van der Waals surface area (Å²) in [5.74, 6) is 0.863. The summed E-state index contributed by atoms with van der Waals surface area (Å²) in [5.41, 5.74) is 2.15. The second-order valence-corrected chi connectivity index (χ2v) is 8.43. The highest BCUT2D eigenvalue weighted by atomic mass is 16.2. The van der Waals surface area contributed by atoms with Gasteiger partial charge in [0.2, 0.25) is 5.91 Å². The molecule has 4 rings (SSSR count). The molecule has 7 heteroatoms. The van der Waals surface area contributed by atoms with E-state index in [1.165, 1.54) is 12.8 Å². The molecule has 154 valence electrons. The molecule has 2 aromatic rings. The molecule has 1 aliphatic carbocycles. The molecule has 0 unspecified atom stereocenters. The van der Waals surface area contributed by atoms with Gasteiger partial charge in [0.15, 0.2) is 5.69 Å². The number of hydrogen-bond donors (Lipinski definition) is 2. The predicted molar refractivity (Wildman–Crippen MR) is 110 cm³/mol. The van der Waals surface area contributed by atoms with E-state index < -0.39 is 0 Å². The lowest BCUT2D eigenvalue weighted by Crippen LogP contribution is -2.46. The maximum Gasteiger partial charge on any atom is 0.274 e. The number of aromatic nitrogens is 3. The number of hydrogen-bond acceptors (Lipinski definition) is 4. The summed E-state index contributed by atoms with van der Waals surface area (Å²) in [6.45, 7) is 3.47. The normalized spacial score (nSPS) is 23.0. The Morgan fingerprint density at radius 3 is 2.45 bits per heavy atom. The summed E-state index contributed by atoms with van der Waals surface area (Å²) in [6.07, 6.45) is 9.41. The fourth-order valence-electron chi connectivity index (χ4n) is 4.34. The third-order valence-corrected chi connectivity index (χ3v) is 6.30. The standard InChI is InChI=1S/C22H29N5O2/c1-15-2-4-18(5-3-15)24-21(28)17-8-12-27(13-9-17)22(29)20-14-19(25-26-20)16-6-10-23-11-7-16/h6-7,10-11,14-15,17-18H,2-5,8-9,12-13H2,1H3,(H,24,28)(H,25,26). The quantitative estimate of drug-likeness (QED) is 0.832. The lowest BCUT2D eigenvalue weighted by molar-refractivity contribution is -0.127. The van der Waals surface area contributed by atoms with Crippen molar-refractivity contribution in [2.75, 3.05) is 13.1 Å². The van der Waals surface area contributed by atoms with Crippen LogP contribution in [0, 0.1) is 11.8 Å². The number of carbonyl (C=O) groups is 2. The molecule has 0 bridgehead atoms. The molecule has 2 fully saturated rings. The van der Waals surface area contributed by atoms with Crippen molar-refractivity contribution in [3.63, 3.8) is 0 Å². The van der Waals surface area contributed by atoms with Gasteiger partial charge in [-0.05, 0) is 62.6 Å². The number of carbonyl (C=O) groups excluding carboxylic acids is 2. The van der Waals surface area contributed by atoms with Gasteiger partial charge in [-0.15, -0.1) is 0 Å². The number of piperidine rings is 1. The molecular weight excluding hydrogens is 366 g/mol. The van der Waals surface area contributed by atoms with Gasteiger partial charge in [0.1, 0.15) is 0 Å². The zero-order valence-corrected chi connectivity index (χ0v) is 16.9. The Morgan fingerprint density at radius 1 is 1.07 bits per heavy atom. The Balaban J connectivity index is 1.28. The molecule has 3 heterocycles. The van der Waals surface area contributed by atoms with Crippen LogP contribution in [0.15, 0.2) is 30.6 Å². The topological polar surface area (TPSA) is 91.0 Å². The minimum absolute atomic E-state index is 0.00460. The van der Waals surface area contributed by atoms with Gasteiger partial charge >= 0.3 is 0 Å². The molecule has 1 saturated carbocycles. The fraction of sp³-hybridized carbons (Fsp3) is 0.545. The van der Waals surface area contributed by atoms with Gasteiger partial charge in [-0.25, -0.2) is 0 Å². The Hall–Kier alpha value is -2.70. The first-order valence-corrected chi connectivity index (χ1v) is 10.7. The maximum atomic E-state index is 12.8. The summed E-state index contributed by atoms with van der Waals surface area (Å²) in [6, 6.07) is 5.85. The highest BCUT2D eigenvalue weighted by molar-refractivity contribution is 5.93. The lowest BCUT2D eigenvalue weighted by Gasteiger charge is -2.33. The summed E-state index contributed by atoms with van der Waals surface area (Å²) >= 11 is 0. The fourth-order valence-corrected chi connectivity index (χ4v) is 4.34. The van der Waals surface area contributed by atoms with Crippen molar-refractivity contribution in [2.45, 2.75) is 51.5 Å². The lowest BCUT2D eigenvalue weighted by atomic mass is 9.86. The average molecular weight is 396 g/mol. The molecule has 1 saturated heterocycles. The molecule has 0 atom stereocenters. The van der Waals surface area contributed by atoms with Gasteiger partial charge in [0, 0.05) is 43.0 Å². The first-order valence-electron chi connectivity index (χ1n) is 10.7. The van der Waals surface area contributed by atoms with Crippen LogP contribution < -0.4 is 5.32 Å². The van der Waals surface area contributed by atoms with Crippen LogP contribution >= 0.6 is 0 Å². The molecule has 29 heavy (non-hydrogen) atoms. The van der Waals surface area contributed by atoms with Crippen LogP contribution in [0.3, 0.4) is 0 Å². The Morgan fingerprint density at radius 2 is 1.76 bits per heavy atom. The Labute approximate surface area is 171 Å². The monoisotopic (exact) mass is 395 g/mol. The Bertz CT molecular complexity index is 834.